The molecule has 0 radical (unpaired) electrons. The first-order chi connectivity index (χ1) is 9.52. The molecule has 2 rings (SSSR count). The third-order valence-electron chi connectivity index (χ3n) is 3.39. The van der Waals surface area contributed by atoms with Crippen molar-refractivity contribution in [3.63, 3.8) is 0 Å². The second kappa shape index (κ2) is 7.21. The fourth-order valence-corrected chi connectivity index (χ4v) is 4.18. The molecule has 108 valence electrons. The van der Waals surface area contributed by atoms with Crippen molar-refractivity contribution < 1.29 is 0 Å². The summed E-state index contributed by atoms with van der Waals surface area (Å²) in [7, 11) is 0. The summed E-state index contributed by atoms with van der Waals surface area (Å²) < 4.78 is 2.43. The van der Waals surface area contributed by atoms with Crippen LogP contribution in [0.2, 0.25) is 0 Å². The molecule has 4 heteroatoms. The van der Waals surface area contributed by atoms with E-state index in [1.807, 2.05) is 11.3 Å². The van der Waals surface area contributed by atoms with Gasteiger partial charge in [-0.15, -0.1) is 11.3 Å². The van der Waals surface area contributed by atoms with E-state index < -0.39 is 0 Å². The van der Waals surface area contributed by atoms with Crippen LogP contribution in [0.15, 0.2) is 32.5 Å². The van der Waals surface area contributed by atoms with Gasteiger partial charge in [0.05, 0.1) is 0 Å². The molecule has 1 N–H and O–H groups in total. The molecule has 1 atom stereocenters. The van der Waals surface area contributed by atoms with E-state index in [1.54, 1.807) is 0 Å². The van der Waals surface area contributed by atoms with Crippen LogP contribution in [-0.4, -0.2) is 6.54 Å². The zero-order valence-corrected chi connectivity index (χ0v) is 16.0. The number of aryl methyl sites for hydroxylation is 2. The van der Waals surface area contributed by atoms with Gasteiger partial charge in [-0.25, -0.2) is 0 Å². The van der Waals surface area contributed by atoms with Gasteiger partial charge in [0.1, 0.15) is 0 Å². The van der Waals surface area contributed by atoms with Crippen LogP contribution in [0.4, 0.5) is 0 Å². The van der Waals surface area contributed by atoms with E-state index in [-0.39, 0.29) is 0 Å². The van der Waals surface area contributed by atoms with Crippen LogP contribution in [0.3, 0.4) is 0 Å². The molecular formula is C16H19Br2NS. The number of likely N-dealkylation sites (N-methyl/N-ethyl adjacent to an activating group) is 1. The highest BCUT2D eigenvalue weighted by Crippen LogP contribution is 2.31. The topological polar surface area (TPSA) is 12.0 Å². The van der Waals surface area contributed by atoms with Crippen LogP contribution in [0.5, 0.6) is 0 Å². The molecule has 0 aliphatic carbocycles. The third kappa shape index (κ3) is 3.73. The van der Waals surface area contributed by atoms with Gasteiger partial charge in [-0.1, -0.05) is 35.0 Å². The Morgan fingerprint density at radius 3 is 2.35 bits per heavy atom. The number of rotatable bonds is 5. The van der Waals surface area contributed by atoms with Gasteiger partial charge in [0.25, 0.3) is 0 Å². The molecule has 2 aromatic rings. The molecule has 0 saturated carbocycles. The third-order valence-corrected chi connectivity index (χ3v) is 6.59. The largest absolute Gasteiger partial charge is 0.310 e. The highest BCUT2D eigenvalue weighted by Gasteiger charge is 2.15. The van der Waals surface area contributed by atoms with Crippen LogP contribution >= 0.6 is 43.2 Å². The van der Waals surface area contributed by atoms with Crippen LogP contribution in [0, 0.1) is 13.8 Å². The smallest absolute Gasteiger partial charge is 0.0369 e. The molecule has 0 spiro atoms. The van der Waals surface area contributed by atoms with E-state index in [2.05, 4.69) is 81.5 Å². The van der Waals surface area contributed by atoms with Gasteiger partial charge < -0.3 is 5.32 Å². The zero-order valence-electron chi connectivity index (χ0n) is 12.0. The van der Waals surface area contributed by atoms with E-state index >= 15 is 0 Å². The molecule has 0 bridgehead atoms. The Balaban J connectivity index is 2.31. The molecule has 0 aliphatic rings. The lowest BCUT2D eigenvalue weighted by Crippen LogP contribution is -2.23. The second-order valence-corrected chi connectivity index (χ2v) is 7.62. The Bertz CT molecular complexity index is 569. The summed E-state index contributed by atoms with van der Waals surface area (Å²) in [4.78, 5) is 1.40. The van der Waals surface area contributed by atoms with Gasteiger partial charge in [-0.3, -0.25) is 0 Å². The van der Waals surface area contributed by atoms with Crippen LogP contribution in [-0.2, 0) is 6.42 Å². The molecule has 1 unspecified atom stereocenters. The van der Waals surface area contributed by atoms with E-state index in [0.29, 0.717) is 6.04 Å². The summed E-state index contributed by atoms with van der Waals surface area (Å²) in [6, 6.07) is 7.05. The normalized spacial score (nSPS) is 12.7. The van der Waals surface area contributed by atoms with Crippen LogP contribution < -0.4 is 5.32 Å². The monoisotopic (exact) mass is 415 g/mol. The molecule has 1 nitrogen and oxygen atoms in total. The minimum absolute atomic E-state index is 0.362. The summed E-state index contributed by atoms with van der Waals surface area (Å²) in [6.45, 7) is 7.45. The Morgan fingerprint density at radius 1 is 1.20 bits per heavy atom. The lowest BCUT2D eigenvalue weighted by Gasteiger charge is -2.20. The maximum atomic E-state index is 3.65. The number of nitrogens with one attached hydrogen (secondary N) is 1. The van der Waals surface area contributed by atoms with E-state index in [1.165, 1.54) is 30.5 Å². The molecule has 1 aromatic heterocycles. The summed E-state index contributed by atoms with van der Waals surface area (Å²) in [5, 5.41) is 5.75. The fourth-order valence-electron chi connectivity index (χ4n) is 2.39. The molecule has 0 aliphatic heterocycles. The Morgan fingerprint density at radius 2 is 1.85 bits per heavy atom. The van der Waals surface area contributed by atoms with Gasteiger partial charge >= 0.3 is 0 Å². The van der Waals surface area contributed by atoms with Gasteiger partial charge in [0.2, 0.25) is 0 Å². The van der Waals surface area contributed by atoms with Gasteiger partial charge in [0, 0.05) is 26.3 Å². The molecule has 0 fully saturated rings. The maximum absolute atomic E-state index is 3.65. The SMILES string of the molecule is CCNC(Cc1sccc1Br)c1cc(C)c(Br)c(C)c1. The van der Waals surface area contributed by atoms with Crippen molar-refractivity contribution >= 4 is 43.2 Å². The minimum atomic E-state index is 0.362. The first-order valence-electron chi connectivity index (χ1n) is 6.74. The molecular weight excluding hydrogens is 398 g/mol. The predicted molar refractivity (Wildman–Crippen MR) is 95.8 cm³/mol. The van der Waals surface area contributed by atoms with Crippen molar-refractivity contribution in [2.45, 2.75) is 33.2 Å². The quantitative estimate of drug-likeness (QED) is 0.650. The van der Waals surface area contributed by atoms with E-state index in [9.17, 15) is 0 Å². The Labute approximate surface area is 142 Å². The number of benzene rings is 1. The number of hydrogen-bond acceptors (Lipinski definition) is 2. The molecule has 1 heterocycles. The van der Waals surface area contributed by atoms with Crippen LogP contribution in [0.1, 0.15) is 34.5 Å². The fraction of sp³-hybridized carbons (Fsp3) is 0.375. The first-order valence-corrected chi connectivity index (χ1v) is 9.21. The lowest BCUT2D eigenvalue weighted by atomic mass is 9.98. The average molecular weight is 417 g/mol. The minimum Gasteiger partial charge on any atom is -0.310 e. The molecule has 0 amide bonds. The highest BCUT2D eigenvalue weighted by molar-refractivity contribution is 9.10. The summed E-state index contributed by atoms with van der Waals surface area (Å²) in [5.74, 6) is 0. The van der Waals surface area contributed by atoms with Crippen molar-refractivity contribution in [1.29, 1.82) is 0 Å². The zero-order chi connectivity index (χ0) is 14.7. The van der Waals surface area contributed by atoms with E-state index in [0.717, 1.165) is 13.0 Å². The number of halogens is 2. The van der Waals surface area contributed by atoms with Gasteiger partial charge in [-0.2, -0.15) is 0 Å². The molecule has 0 saturated heterocycles. The highest BCUT2D eigenvalue weighted by atomic mass is 79.9. The van der Waals surface area contributed by atoms with E-state index in [4.69, 9.17) is 0 Å². The second-order valence-electron chi connectivity index (χ2n) is 4.97. The van der Waals surface area contributed by atoms with Crippen molar-refractivity contribution in [2.24, 2.45) is 0 Å². The predicted octanol–water partition coefficient (Wildman–Crippen LogP) is 5.78. The van der Waals surface area contributed by atoms with Crippen molar-refractivity contribution in [2.75, 3.05) is 6.54 Å². The summed E-state index contributed by atoms with van der Waals surface area (Å²) in [6.07, 6.45) is 1.02. The maximum Gasteiger partial charge on any atom is 0.0369 e. The Kier molecular flexibility index (Phi) is 5.84. The van der Waals surface area contributed by atoms with Crippen molar-refractivity contribution in [3.8, 4) is 0 Å². The van der Waals surface area contributed by atoms with Crippen molar-refractivity contribution in [1.82, 2.24) is 5.32 Å². The number of hydrogen-bond donors (Lipinski definition) is 1. The summed E-state index contributed by atoms with van der Waals surface area (Å²) in [5.41, 5.74) is 3.96. The standard InChI is InChI=1S/C16H19Br2NS/c1-4-19-14(9-15-13(17)5-6-20-15)12-7-10(2)16(18)11(3)8-12/h5-8,14,19H,4,9H2,1-3H3. The van der Waals surface area contributed by atoms with Gasteiger partial charge in [0.15, 0.2) is 0 Å². The van der Waals surface area contributed by atoms with Crippen LogP contribution in [0.25, 0.3) is 0 Å². The lowest BCUT2D eigenvalue weighted by molar-refractivity contribution is 0.552. The van der Waals surface area contributed by atoms with Gasteiger partial charge in [-0.05, 0) is 64.5 Å². The average Bonchev–Trinajstić information content (AvgIpc) is 2.80. The van der Waals surface area contributed by atoms with Crippen molar-refractivity contribution in [3.05, 3.63) is 54.1 Å². The molecule has 1 aromatic carbocycles. The summed E-state index contributed by atoms with van der Waals surface area (Å²) >= 11 is 9.10. The Hall–Kier alpha value is -0.160. The first kappa shape index (κ1) is 16.2. The molecule has 20 heavy (non-hydrogen) atoms. The number of thiophene rings is 1.